The lowest BCUT2D eigenvalue weighted by Gasteiger charge is -2.12. The Hall–Kier alpha value is -2.58. The van der Waals surface area contributed by atoms with Crippen molar-refractivity contribution in [3.05, 3.63) is 66.7 Å². The molecule has 140 valence electrons. The van der Waals surface area contributed by atoms with Crippen molar-refractivity contribution in [2.24, 2.45) is 0 Å². The van der Waals surface area contributed by atoms with Gasteiger partial charge in [-0.2, -0.15) is 0 Å². The molecule has 28 heavy (non-hydrogen) atoms. The summed E-state index contributed by atoms with van der Waals surface area (Å²) in [6.45, 7) is 3.03. The highest BCUT2D eigenvalue weighted by Crippen LogP contribution is 2.45. The van der Waals surface area contributed by atoms with E-state index in [4.69, 9.17) is 4.74 Å². The van der Waals surface area contributed by atoms with E-state index in [2.05, 4.69) is 73.7 Å². The molecule has 2 heteroatoms. The van der Waals surface area contributed by atoms with Crippen LogP contribution in [0.3, 0.4) is 0 Å². The summed E-state index contributed by atoms with van der Waals surface area (Å²) in [5.74, 6) is 1.06. The zero-order valence-corrected chi connectivity index (χ0v) is 17.0. The summed E-state index contributed by atoms with van der Waals surface area (Å²) in [6, 6.07) is 24.2. The third-order valence-corrected chi connectivity index (χ3v) is 6.65. The van der Waals surface area contributed by atoms with Crippen LogP contribution < -0.4 is 4.74 Å². The number of rotatable bonds is 6. The number of fused-ring (bicyclic) bond motifs is 5. The summed E-state index contributed by atoms with van der Waals surface area (Å²) in [6.07, 6.45) is 4.88. The first kappa shape index (κ1) is 17.5. The fourth-order valence-electron chi connectivity index (χ4n) is 4.10. The zero-order chi connectivity index (χ0) is 18.9. The van der Waals surface area contributed by atoms with Crippen LogP contribution in [0, 0.1) is 0 Å². The van der Waals surface area contributed by atoms with Crippen molar-refractivity contribution in [1.82, 2.24) is 0 Å². The second-order valence-electron chi connectivity index (χ2n) is 7.51. The smallest absolute Gasteiger partial charge is 0.136 e. The second kappa shape index (κ2) is 7.44. The summed E-state index contributed by atoms with van der Waals surface area (Å²) >= 11 is 1.87. The Balaban J connectivity index is 1.72. The van der Waals surface area contributed by atoms with Crippen LogP contribution in [-0.2, 0) is 0 Å². The van der Waals surface area contributed by atoms with Gasteiger partial charge in [0, 0.05) is 25.6 Å². The second-order valence-corrected chi connectivity index (χ2v) is 8.59. The molecular formula is C26H24OS. The Morgan fingerprint density at radius 3 is 2.25 bits per heavy atom. The van der Waals surface area contributed by atoms with E-state index < -0.39 is 0 Å². The van der Waals surface area contributed by atoms with E-state index in [-0.39, 0.29) is 0 Å². The molecule has 0 radical (unpaired) electrons. The van der Waals surface area contributed by atoms with Crippen molar-refractivity contribution in [2.75, 3.05) is 6.61 Å². The summed E-state index contributed by atoms with van der Waals surface area (Å²) in [5, 5.41) is 7.66. The molecule has 0 amide bonds. The number of ether oxygens (including phenoxy) is 1. The number of unbranched alkanes of at least 4 members (excludes halogenated alkanes) is 3. The van der Waals surface area contributed by atoms with Crippen LogP contribution in [0.2, 0.25) is 0 Å². The largest absolute Gasteiger partial charge is 0.492 e. The Morgan fingerprint density at radius 2 is 1.43 bits per heavy atom. The van der Waals surface area contributed by atoms with Crippen molar-refractivity contribution in [1.29, 1.82) is 0 Å². The van der Waals surface area contributed by atoms with Gasteiger partial charge in [-0.25, -0.2) is 0 Å². The average molecular weight is 385 g/mol. The number of hydrogen-bond donors (Lipinski definition) is 0. The topological polar surface area (TPSA) is 9.23 Å². The van der Waals surface area contributed by atoms with Crippen LogP contribution in [0.5, 0.6) is 5.75 Å². The van der Waals surface area contributed by atoms with Crippen LogP contribution in [0.15, 0.2) is 66.7 Å². The fraction of sp³-hybridized carbons (Fsp3) is 0.231. The van der Waals surface area contributed by atoms with Gasteiger partial charge in [0.1, 0.15) is 5.75 Å². The molecule has 0 saturated heterocycles. The molecule has 1 nitrogen and oxygen atoms in total. The highest BCUT2D eigenvalue weighted by Gasteiger charge is 2.15. The zero-order valence-electron chi connectivity index (χ0n) is 16.2. The molecule has 5 rings (SSSR count). The number of hydrogen-bond acceptors (Lipinski definition) is 2. The van der Waals surface area contributed by atoms with E-state index in [1.165, 1.54) is 61.0 Å². The highest BCUT2D eigenvalue weighted by molar-refractivity contribution is 7.26. The van der Waals surface area contributed by atoms with Gasteiger partial charge in [0.25, 0.3) is 0 Å². The van der Waals surface area contributed by atoms with Gasteiger partial charge in [-0.3, -0.25) is 0 Å². The summed E-state index contributed by atoms with van der Waals surface area (Å²) in [4.78, 5) is 0. The minimum atomic E-state index is 0.786. The fourth-order valence-corrected chi connectivity index (χ4v) is 5.28. The van der Waals surface area contributed by atoms with E-state index in [9.17, 15) is 0 Å². The lowest BCUT2D eigenvalue weighted by molar-refractivity contribution is 0.312. The van der Waals surface area contributed by atoms with Gasteiger partial charge in [-0.15, -0.1) is 11.3 Å². The minimum absolute atomic E-state index is 0.786. The molecule has 0 unspecified atom stereocenters. The van der Waals surface area contributed by atoms with Gasteiger partial charge in [-0.1, -0.05) is 74.7 Å². The Morgan fingerprint density at radius 1 is 0.714 bits per heavy atom. The van der Waals surface area contributed by atoms with E-state index in [1.54, 1.807) is 0 Å². The van der Waals surface area contributed by atoms with E-state index in [1.807, 2.05) is 11.3 Å². The SMILES string of the molecule is CCCCCCOc1c2ccccc2cc2sc3cc4ccccc4cc3c12. The van der Waals surface area contributed by atoms with E-state index in [0.717, 1.165) is 18.8 Å². The molecule has 1 heterocycles. The Labute approximate surface area is 169 Å². The molecule has 0 bridgehead atoms. The molecule has 5 aromatic rings. The van der Waals surface area contributed by atoms with Crippen molar-refractivity contribution < 1.29 is 4.74 Å². The third-order valence-electron chi connectivity index (χ3n) is 5.55. The highest BCUT2D eigenvalue weighted by atomic mass is 32.1. The van der Waals surface area contributed by atoms with Crippen molar-refractivity contribution in [3.63, 3.8) is 0 Å². The molecule has 0 N–H and O–H groups in total. The summed E-state index contributed by atoms with van der Waals surface area (Å²) in [7, 11) is 0. The predicted molar refractivity (Wildman–Crippen MR) is 124 cm³/mol. The Bertz CT molecular complexity index is 1280. The number of benzene rings is 4. The molecular weight excluding hydrogens is 360 g/mol. The van der Waals surface area contributed by atoms with Gasteiger partial charge in [0.2, 0.25) is 0 Å². The van der Waals surface area contributed by atoms with Crippen molar-refractivity contribution >= 4 is 53.1 Å². The third kappa shape index (κ3) is 3.02. The molecule has 0 atom stereocenters. The molecule has 0 saturated carbocycles. The first-order valence-electron chi connectivity index (χ1n) is 10.2. The van der Waals surface area contributed by atoms with Gasteiger partial charge in [0.05, 0.1) is 6.61 Å². The molecule has 1 aromatic heterocycles. The molecule has 0 fully saturated rings. The lowest BCUT2D eigenvalue weighted by atomic mass is 10.0. The predicted octanol–water partition coefficient (Wildman–Crippen LogP) is 8.32. The van der Waals surface area contributed by atoms with Crippen molar-refractivity contribution in [2.45, 2.75) is 32.6 Å². The minimum Gasteiger partial charge on any atom is -0.492 e. The molecule has 0 aliphatic rings. The van der Waals surface area contributed by atoms with E-state index >= 15 is 0 Å². The van der Waals surface area contributed by atoms with Crippen LogP contribution in [0.4, 0.5) is 0 Å². The van der Waals surface area contributed by atoms with Gasteiger partial charge in [-0.05, 0) is 40.8 Å². The first-order chi connectivity index (χ1) is 13.8. The summed E-state index contributed by atoms with van der Waals surface area (Å²) < 4.78 is 9.11. The molecule has 0 aliphatic carbocycles. The van der Waals surface area contributed by atoms with Crippen LogP contribution >= 0.6 is 11.3 Å². The number of thiophene rings is 1. The molecule has 0 aliphatic heterocycles. The van der Waals surface area contributed by atoms with E-state index in [0.29, 0.717) is 0 Å². The lowest BCUT2D eigenvalue weighted by Crippen LogP contribution is -1.98. The maximum atomic E-state index is 6.46. The quantitative estimate of drug-likeness (QED) is 0.267. The van der Waals surface area contributed by atoms with Gasteiger partial charge in [0.15, 0.2) is 0 Å². The monoisotopic (exact) mass is 384 g/mol. The van der Waals surface area contributed by atoms with Gasteiger partial charge >= 0.3 is 0 Å². The standard InChI is InChI=1S/C26H24OS/c1-2-3-4-9-14-27-26-21-13-8-7-12-20(21)17-24-25(26)22-15-18-10-5-6-11-19(18)16-23(22)28-24/h5-8,10-13,15-17H,2-4,9,14H2,1H3. The normalized spacial score (nSPS) is 11.8. The molecule has 0 spiro atoms. The maximum Gasteiger partial charge on any atom is 0.136 e. The van der Waals surface area contributed by atoms with Crippen LogP contribution in [0.1, 0.15) is 32.6 Å². The molecule has 4 aromatic carbocycles. The maximum absolute atomic E-state index is 6.46. The van der Waals surface area contributed by atoms with Crippen LogP contribution in [0.25, 0.3) is 41.7 Å². The van der Waals surface area contributed by atoms with Crippen LogP contribution in [-0.4, -0.2) is 6.61 Å². The summed E-state index contributed by atoms with van der Waals surface area (Å²) in [5.41, 5.74) is 0. The Kier molecular flexibility index (Phi) is 4.66. The first-order valence-corrected chi connectivity index (χ1v) is 11.1. The average Bonchev–Trinajstić information content (AvgIpc) is 3.08. The van der Waals surface area contributed by atoms with Crippen molar-refractivity contribution in [3.8, 4) is 5.75 Å². The van der Waals surface area contributed by atoms with Gasteiger partial charge < -0.3 is 4.74 Å².